The predicted molar refractivity (Wildman–Crippen MR) is 113 cm³/mol. The van der Waals surface area contributed by atoms with E-state index in [1.807, 2.05) is 63.2 Å². The second kappa shape index (κ2) is 8.85. The van der Waals surface area contributed by atoms with Gasteiger partial charge >= 0.3 is 0 Å². The van der Waals surface area contributed by atoms with Gasteiger partial charge in [-0.05, 0) is 56.2 Å². The first kappa shape index (κ1) is 19.8. The number of nitrogens with one attached hydrogen (secondary N) is 1. The molecule has 1 aromatic heterocycles. The monoisotopic (exact) mass is 394 g/mol. The molecule has 3 rings (SSSR count). The number of amides is 1. The number of carbonyl (C=O) groups excluding carboxylic acids is 1. The molecule has 3 aromatic rings. The first-order valence-electron chi connectivity index (χ1n) is 9.15. The van der Waals surface area contributed by atoms with E-state index in [0.29, 0.717) is 23.2 Å². The van der Waals surface area contributed by atoms with E-state index < -0.39 is 0 Å². The van der Waals surface area contributed by atoms with Crippen molar-refractivity contribution in [1.29, 1.82) is 0 Å². The Morgan fingerprint density at radius 3 is 2.57 bits per heavy atom. The lowest BCUT2D eigenvalue weighted by atomic mass is 10.1. The number of halogens is 1. The third kappa shape index (κ3) is 4.87. The second-order valence-corrected chi connectivity index (χ2v) is 7.30. The van der Waals surface area contributed by atoms with Crippen molar-refractivity contribution in [3.05, 3.63) is 82.6 Å². The highest BCUT2D eigenvalue weighted by molar-refractivity contribution is 6.30. The average molecular weight is 395 g/mol. The lowest BCUT2D eigenvalue weighted by Crippen LogP contribution is -2.37. The molecule has 5 nitrogen and oxygen atoms in total. The summed E-state index contributed by atoms with van der Waals surface area (Å²) in [5.74, 6) is 0.247. The highest BCUT2D eigenvalue weighted by Crippen LogP contribution is 2.22. The fourth-order valence-corrected chi connectivity index (χ4v) is 3.07. The number of hydrogen-bond acceptors (Lipinski definition) is 4. The van der Waals surface area contributed by atoms with Crippen LogP contribution in [0.25, 0.3) is 0 Å². The summed E-state index contributed by atoms with van der Waals surface area (Å²) in [5.41, 5.74) is 3.25. The van der Waals surface area contributed by atoms with Gasteiger partial charge in [0, 0.05) is 29.5 Å². The Kier molecular flexibility index (Phi) is 6.26. The SMILES string of the molecule is Cc1cc(Cl)ccc1Nc1nccc(C(=O)N(Cc2ccccc2)C(C)C)n1. The van der Waals surface area contributed by atoms with Gasteiger partial charge in [-0.2, -0.15) is 0 Å². The number of carbonyl (C=O) groups is 1. The summed E-state index contributed by atoms with van der Waals surface area (Å²) < 4.78 is 0. The van der Waals surface area contributed by atoms with E-state index >= 15 is 0 Å². The van der Waals surface area contributed by atoms with E-state index in [2.05, 4.69) is 15.3 Å². The number of nitrogens with zero attached hydrogens (tertiary/aromatic N) is 3. The van der Waals surface area contributed by atoms with Crippen LogP contribution in [0.3, 0.4) is 0 Å². The Bertz CT molecular complexity index is 960. The maximum Gasteiger partial charge on any atom is 0.273 e. The summed E-state index contributed by atoms with van der Waals surface area (Å²) in [6.07, 6.45) is 1.59. The van der Waals surface area contributed by atoms with Crippen LogP contribution in [0.2, 0.25) is 5.02 Å². The fraction of sp³-hybridized carbons (Fsp3) is 0.227. The summed E-state index contributed by atoms with van der Waals surface area (Å²) in [7, 11) is 0. The van der Waals surface area contributed by atoms with E-state index in [9.17, 15) is 4.79 Å². The standard InChI is InChI=1S/C22H23ClN4O/c1-15(2)27(14-17-7-5-4-6-8-17)21(28)20-11-12-24-22(26-20)25-19-10-9-18(23)13-16(19)3/h4-13,15H,14H2,1-3H3,(H,24,25,26). The van der Waals surface area contributed by atoms with E-state index in [0.717, 1.165) is 16.8 Å². The highest BCUT2D eigenvalue weighted by Gasteiger charge is 2.21. The molecule has 0 saturated heterocycles. The zero-order valence-corrected chi connectivity index (χ0v) is 16.9. The van der Waals surface area contributed by atoms with Crippen molar-refractivity contribution in [3.63, 3.8) is 0 Å². The van der Waals surface area contributed by atoms with Crippen LogP contribution in [0.1, 0.15) is 35.5 Å². The van der Waals surface area contributed by atoms with Gasteiger partial charge in [0.05, 0.1) is 0 Å². The van der Waals surface area contributed by atoms with Gasteiger partial charge in [-0.25, -0.2) is 9.97 Å². The smallest absolute Gasteiger partial charge is 0.273 e. The van der Waals surface area contributed by atoms with Crippen LogP contribution < -0.4 is 5.32 Å². The summed E-state index contributed by atoms with van der Waals surface area (Å²) in [4.78, 5) is 23.6. The van der Waals surface area contributed by atoms with Crippen molar-refractivity contribution in [2.45, 2.75) is 33.4 Å². The Morgan fingerprint density at radius 1 is 1.14 bits per heavy atom. The molecule has 0 bridgehead atoms. The van der Waals surface area contributed by atoms with Gasteiger partial charge in [0.1, 0.15) is 5.69 Å². The minimum Gasteiger partial charge on any atom is -0.331 e. The molecule has 0 spiro atoms. The molecule has 0 aliphatic heterocycles. The summed E-state index contributed by atoms with van der Waals surface area (Å²) in [6, 6.07) is 17.1. The van der Waals surface area contributed by atoms with E-state index in [1.54, 1.807) is 23.2 Å². The summed E-state index contributed by atoms with van der Waals surface area (Å²) in [5, 5.41) is 3.83. The van der Waals surface area contributed by atoms with Gasteiger partial charge in [-0.1, -0.05) is 41.9 Å². The molecule has 2 aromatic carbocycles. The minimum atomic E-state index is -0.128. The van der Waals surface area contributed by atoms with Crippen LogP contribution in [0.15, 0.2) is 60.8 Å². The third-order valence-electron chi connectivity index (χ3n) is 4.39. The maximum atomic E-state index is 13.1. The summed E-state index contributed by atoms with van der Waals surface area (Å²) in [6.45, 7) is 6.47. The lowest BCUT2D eigenvalue weighted by molar-refractivity contribution is 0.0684. The number of hydrogen-bond donors (Lipinski definition) is 1. The van der Waals surface area contributed by atoms with Gasteiger partial charge in [-0.15, -0.1) is 0 Å². The Morgan fingerprint density at radius 2 is 1.89 bits per heavy atom. The van der Waals surface area contributed by atoms with Crippen molar-refractivity contribution in [2.75, 3.05) is 5.32 Å². The molecule has 1 N–H and O–H groups in total. The van der Waals surface area contributed by atoms with Crippen molar-refractivity contribution < 1.29 is 4.79 Å². The molecule has 1 amide bonds. The van der Waals surface area contributed by atoms with Crippen molar-refractivity contribution in [2.24, 2.45) is 0 Å². The maximum absolute atomic E-state index is 13.1. The minimum absolute atomic E-state index is 0.0394. The molecule has 28 heavy (non-hydrogen) atoms. The zero-order chi connectivity index (χ0) is 20.1. The molecule has 0 saturated carbocycles. The Hall–Kier alpha value is -2.92. The molecule has 6 heteroatoms. The fourth-order valence-electron chi connectivity index (χ4n) is 2.84. The molecular weight excluding hydrogens is 372 g/mol. The molecule has 0 aliphatic carbocycles. The van der Waals surface area contributed by atoms with Crippen LogP contribution in [-0.2, 0) is 6.54 Å². The Labute approximate surface area is 170 Å². The third-order valence-corrected chi connectivity index (χ3v) is 4.62. The first-order chi connectivity index (χ1) is 13.4. The van der Waals surface area contributed by atoms with Gasteiger partial charge < -0.3 is 10.2 Å². The molecule has 0 unspecified atom stereocenters. The van der Waals surface area contributed by atoms with Gasteiger partial charge in [0.15, 0.2) is 0 Å². The largest absolute Gasteiger partial charge is 0.331 e. The van der Waals surface area contributed by atoms with E-state index in [-0.39, 0.29) is 11.9 Å². The first-order valence-corrected chi connectivity index (χ1v) is 9.53. The highest BCUT2D eigenvalue weighted by atomic mass is 35.5. The lowest BCUT2D eigenvalue weighted by Gasteiger charge is -2.26. The molecule has 144 valence electrons. The van der Waals surface area contributed by atoms with E-state index in [1.165, 1.54) is 0 Å². The number of anilines is 2. The number of aromatic nitrogens is 2. The van der Waals surface area contributed by atoms with Crippen molar-refractivity contribution >= 4 is 29.1 Å². The normalized spacial score (nSPS) is 10.8. The quantitative estimate of drug-likeness (QED) is 0.621. The Balaban J connectivity index is 1.81. The molecule has 0 atom stereocenters. The van der Waals surface area contributed by atoms with Crippen LogP contribution in [0.4, 0.5) is 11.6 Å². The van der Waals surface area contributed by atoms with Crippen LogP contribution >= 0.6 is 11.6 Å². The molecule has 0 fully saturated rings. The van der Waals surface area contributed by atoms with Crippen LogP contribution in [0, 0.1) is 6.92 Å². The molecular formula is C22H23ClN4O. The second-order valence-electron chi connectivity index (χ2n) is 6.86. The molecule has 1 heterocycles. The van der Waals surface area contributed by atoms with E-state index in [4.69, 9.17) is 11.6 Å². The molecule has 0 aliphatic rings. The molecule has 0 radical (unpaired) electrons. The summed E-state index contributed by atoms with van der Waals surface area (Å²) >= 11 is 6.01. The zero-order valence-electron chi connectivity index (χ0n) is 16.2. The average Bonchev–Trinajstić information content (AvgIpc) is 2.68. The number of benzene rings is 2. The van der Waals surface area contributed by atoms with Crippen molar-refractivity contribution in [1.82, 2.24) is 14.9 Å². The van der Waals surface area contributed by atoms with Gasteiger partial charge in [0.2, 0.25) is 5.95 Å². The topological polar surface area (TPSA) is 58.1 Å². The van der Waals surface area contributed by atoms with Crippen molar-refractivity contribution in [3.8, 4) is 0 Å². The van der Waals surface area contributed by atoms with Crippen LogP contribution in [0.5, 0.6) is 0 Å². The van der Waals surface area contributed by atoms with Gasteiger partial charge in [0.25, 0.3) is 5.91 Å². The van der Waals surface area contributed by atoms with Crippen LogP contribution in [-0.4, -0.2) is 26.8 Å². The number of rotatable bonds is 6. The predicted octanol–water partition coefficient (Wildman–Crippen LogP) is 5.23. The number of aryl methyl sites for hydroxylation is 1. The van der Waals surface area contributed by atoms with Gasteiger partial charge in [-0.3, -0.25) is 4.79 Å².